The second-order valence-corrected chi connectivity index (χ2v) is 7.10. The number of rotatable bonds is 7. The van der Waals surface area contributed by atoms with Crippen LogP contribution in [0.3, 0.4) is 0 Å². The SMILES string of the molecule is COc1ccc(CCNC(=O)C(C(C)C)N2C(=O)c3ccccc3C2=O)cc1. The van der Waals surface area contributed by atoms with Crippen LogP contribution in [0, 0.1) is 5.92 Å². The summed E-state index contributed by atoms with van der Waals surface area (Å²) in [5.41, 5.74) is 1.76. The highest BCUT2D eigenvalue weighted by atomic mass is 16.5. The normalized spacial score (nSPS) is 14.2. The maximum atomic E-state index is 12.8. The van der Waals surface area contributed by atoms with Gasteiger partial charge in [-0.2, -0.15) is 0 Å². The molecule has 6 heteroatoms. The Kier molecular flexibility index (Phi) is 5.78. The predicted octanol–water partition coefficient (Wildman–Crippen LogP) is 2.67. The van der Waals surface area contributed by atoms with E-state index in [4.69, 9.17) is 4.74 Å². The fourth-order valence-corrected chi connectivity index (χ4v) is 3.41. The lowest BCUT2D eigenvalue weighted by Crippen LogP contribution is -2.52. The molecule has 1 unspecified atom stereocenters. The second-order valence-electron chi connectivity index (χ2n) is 7.10. The first kappa shape index (κ1) is 19.6. The molecule has 0 fully saturated rings. The first-order valence-corrected chi connectivity index (χ1v) is 9.31. The predicted molar refractivity (Wildman–Crippen MR) is 105 cm³/mol. The Bertz CT molecular complexity index is 855. The molecule has 6 nitrogen and oxygen atoms in total. The van der Waals surface area contributed by atoms with Gasteiger partial charge < -0.3 is 10.1 Å². The van der Waals surface area contributed by atoms with Crippen LogP contribution in [0.4, 0.5) is 0 Å². The molecule has 0 aliphatic carbocycles. The van der Waals surface area contributed by atoms with Crippen molar-refractivity contribution in [3.05, 3.63) is 65.2 Å². The number of carbonyl (C=O) groups is 3. The molecule has 3 amide bonds. The maximum Gasteiger partial charge on any atom is 0.262 e. The zero-order valence-electron chi connectivity index (χ0n) is 16.3. The molecule has 1 aliphatic heterocycles. The second kappa shape index (κ2) is 8.25. The quantitative estimate of drug-likeness (QED) is 0.750. The van der Waals surface area contributed by atoms with E-state index in [-0.39, 0.29) is 11.8 Å². The third kappa shape index (κ3) is 3.76. The number of hydrogen-bond acceptors (Lipinski definition) is 4. The average molecular weight is 380 g/mol. The summed E-state index contributed by atoms with van der Waals surface area (Å²) in [5, 5.41) is 2.87. The van der Waals surface area contributed by atoms with E-state index in [1.807, 2.05) is 38.1 Å². The van der Waals surface area contributed by atoms with Crippen molar-refractivity contribution in [2.45, 2.75) is 26.3 Å². The molecule has 28 heavy (non-hydrogen) atoms. The van der Waals surface area contributed by atoms with Crippen molar-refractivity contribution in [3.8, 4) is 5.75 Å². The summed E-state index contributed by atoms with van der Waals surface area (Å²) in [6.07, 6.45) is 0.642. The topological polar surface area (TPSA) is 75.7 Å². The molecule has 1 aliphatic rings. The minimum atomic E-state index is -0.844. The van der Waals surface area contributed by atoms with Crippen molar-refractivity contribution in [2.75, 3.05) is 13.7 Å². The average Bonchev–Trinajstić information content (AvgIpc) is 2.94. The Hall–Kier alpha value is -3.15. The van der Waals surface area contributed by atoms with Crippen molar-refractivity contribution in [2.24, 2.45) is 5.92 Å². The highest BCUT2D eigenvalue weighted by Gasteiger charge is 2.43. The first-order chi connectivity index (χ1) is 13.4. The van der Waals surface area contributed by atoms with E-state index in [9.17, 15) is 14.4 Å². The molecular weight excluding hydrogens is 356 g/mol. The lowest BCUT2D eigenvalue weighted by atomic mass is 10.0. The van der Waals surface area contributed by atoms with E-state index in [2.05, 4.69) is 5.32 Å². The van der Waals surface area contributed by atoms with Crippen molar-refractivity contribution < 1.29 is 19.1 Å². The van der Waals surface area contributed by atoms with E-state index in [1.54, 1.807) is 31.4 Å². The number of imide groups is 1. The van der Waals surface area contributed by atoms with E-state index < -0.39 is 17.9 Å². The Labute approximate surface area is 164 Å². The minimum absolute atomic E-state index is 0.205. The summed E-state index contributed by atoms with van der Waals surface area (Å²) in [7, 11) is 1.61. The Morgan fingerprint density at radius 2 is 1.57 bits per heavy atom. The molecule has 1 N–H and O–H groups in total. The highest BCUT2D eigenvalue weighted by Crippen LogP contribution is 2.27. The number of nitrogens with zero attached hydrogens (tertiary/aromatic N) is 1. The molecule has 0 bridgehead atoms. The highest BCUT2D eigenvalue weighted by molar-refractivity contribution is 6.22. The minimum Gasteiger partial charge on any atom is -0.497 e. The van der Waals surface area contributed by atoms with Gasteiger partial charge in [0, 0.05) is 6.54 Å². The standard InChI is InChI=1S/C22H24N2O4/c1-14(2)19(24-21(26)17-6-4-5-7-18(17)22(24)27)20(25)23-13-12-15-8-10-16(28-3)11-9-15/h4-11,14,19H,12-13H2,1-3H3,(H,23,25). The molecule has 0 aromatic heterocycles. The number of ether oxygens (including phenoxy) is 1. The van der Waals surface area contributed by atoms with Crippen molar-refractivity contribution in [1.82, 2.24) is 10.2 Å². The Morgan fingerprint density at radius 3 is 2.07 bits per heavy atom. The summed E-state index contributed by atoms with van der Waals surface area (Å²) in [6, 6.07) is 13.4. The van der Waals surface area contributed by atoms with Crippen molar-refractivity contribution in [3.63, 3.8) is 0 Å². The van der Waals surface area contributed by atoms with Crippen molar-refractivity contribution >= 4 is 17.7 Å². The van der Waals surface area contributed by atoms with Crippen LogP contribution in [0.5, 0.6) is 5.75 Å². The fourth-order valence-electron chi connectivity index (χ4n) is 3.41. The van der Waals surface area contributed by atoms with Crippen LogP contribution < -0.4 is 10.1 Å². The largest absolute Gasteiger partial charge is 0.497 e. The molecule has 3 rings (SSSR count). The summed E-state index contributed by atoms with van der Waals surface area (Å²) in [5.74, 6) is -0.575. The number of hydrogen-bond donors (Lipinski definition) is 1. The third-order valence-electron chi connectivity index (χ3n) is 4.88. The van der Waals surface area contributed by atoms with Gasteiger partial charge >= 0.3 is 0 Å². The van der Waals surface area contributed by atoms with Crippen LogP contribution in [0.2, 0.25) is 0 Å². The first-order valence-electron chi connectivity index (χ1n) is 9.31. The van der Waals surface area contributed by atoms with Crippen LogP contribution in [0.25, 0.3) is 0 Å². The van der Waals surface area contributed by atoms with Crippen molar-refractivity contribution in [1.29, 1.82) is 0 Å². The molecule has 0 spiro atoms. The van der Waals surface area contributed by atoms with Crippen LogP contribution in [0.15, 0.2) is 48.5 Å². The van der Waals surface area contributed by atoms with Gasteiger partial charge in [-0.15, -0.1) is 0 Å². The van der Waals surface area contributed by atoms with Crippen LogP contribution in [0.1, 0.15) is 40.1 Å². The van der Waals surface area contributed by atoms with Gasteiger partial charge in [-0.25, -0.2) is 0 Å². The van der Waals surface area contributed by atoms with Gasteiger partial charge in [-0.1, -0.05) is 38.1 Å². The molecule has 0 saturated heterocycles. The van der Waals surface area contributed by atoms with Gasteiger partial charge in [0.25, 0.3) is 11.8 Å². The molecule has 2 aromatic rings. The van der Waals surface area contributed by atoms with E-state index in [0.717, 1.165) is 16.2 Å². The zero-order chi connectivity index (χ0) is 20.3. The van der Waals surface area contributed by atoms with Crippen LogP contribution in [-0.4, -0.2) is 42.3 Å². The maximum absolute atomic E-state index is 12.8. The molecular formula is C22H24N2O4. The van der Waals surface area contributed by atoms with Crippen LogP contribution in [-0.2, 0) is 11.2 Å². The smallest absolute Gasteiger partial charge is 0.262 e. The van der Waals surface area contributed by atoms with Crippen LogP contribution >= 0.6 is 0 Å². The van der Waals surface area contributed by atoms with Gasteiger partial charge in [-0.05, 0) is 42.2 Å². The molecule has 0 radical (unpaired) electrons. The monoisotopic (exact) mass is 380 g/mol. The molecule has 146 valence electrons. The number of nitrogens with one attached hydrogen (secondary N) is 1. The fraction of sp³-hybridized carbons (Fsp3) is 0.318. The van der Waals surface area contributed by atoms with Gasteiger partial charge in [0.15, 0.2) is 0 Å². The Balaban J connectivity index is 1.68. The van der Waals surface area contributed by atoms with E-state index >= 15 is 0 Å². The molecule has 2 aromatic carbocycles. The van der Waals surface area contributed by atoms with Gasteiger partial charge in [0.1, 0.15) is 11.8 Å². The summed E-state index contributed by atoms with van der Waals surface area (Å²) in [4.78, 5) is 39.4. The molecule has 1 atom stereocenters. The molecule has 0 saturated carbocycles. The van der Waals surface area contributed by atoms with Gasteiger partial charge in [0.05, 0.1) is 18.2 Å². The van der Waals surface area contributed by atoms with Gasteiger partial charge in [-0.3, -0.25) is 19.3 Å². The number of amides is 3. The van der Waals surface area contributed by atoms with E-state index in [1.165, 1.54) is 0 Å². The lowest BCUT2D eigenvalue weighted by Gasteiger charge is -2.28. The molecule has 1 heterocycles. The Morgan fingerprint density at radius 1 is 1.00 bits per heavy atom. The lowest BCUT2D eigenvalue weighted by molar-refractivity contribution is -0.126. The number of carbonyl (C=O) groups excluding carboxylic acids is 3. The van der Waals surface area contributed by atoms with E-state index in [0.29, 0.717) is 24.1 Å². The summed E-state index contributed by atoms with van der Waals surface area (Å²) < 4.78 is 5.13. The number of methoxy groups -OCH3 is 1. The summed E-state index contributed by atoms with van der Waals surface area (Å²) >= 11 is 0. The third-order valence-corrected chi connectivity index (χ3v) is 4.88. The number of fused-ring (bicyclic) bond motifs is 1. The zero-order valence-corrected chi connectivity index (χ0v) is 16.3. The van der Waals surface area contributed by atoms with Gasteiger partial charge in [0.2, 0.25) is 5.91 Å². The number of benzene rings is 2. The summed E-state index contributed by atoms with van der Waals surface area (Å²) in [6.45, 7) is 4.08.